The minimum Gasteiger partial charge on any atom is -0.394 e. The Labute approximate surface area is 113 Å². The molecule has 0 aromatic heterocycles. The standard InChI is InChI=1S/C14H20N2O3/c1-11(18)15-8-7-14(19)16-13(10-17)9-12-5-3-2-4-6-12/h2-6,13,17H,7-10H2,1H3,(H,15,18)(H,16,19)/t13-/m0/s1. The molecule has 1 aromatic carbocycles. The molecule has 5 nitrogen and oxygen atoms in total. The van der Waals surface area contributed by atoms with Crippen LogP contribution in [0.25, 0.3) is 0 Å². The summed E-state index contributed by atoms with van der Waals surface area (Å²) in [4.78, 5) is 22.3. The van der Waals surface area contributed by atoms with Gasteiger partial charge in [-0.3, -0.25) is 9.59 Å². The number of carbonyl (C=O) groups is 2. The van der Waals surface area contributed by atoms with Gasteiger partial charge < -0.3 is 15.7 Å². The maximum atomic E-state index is 11.6. The van der Waals surface area contributed by atoms with Crippen molar-refractivity contribution >= 4 is 11.8 Å². The molecule has 0 aliphatic rings. The lowest BCUT2D eigenvalue weighted by Crippen LogP contribution is -2.40. The summed E-state index contributed by atoms with van der Waals surface area (Å²) in [5, 5.41) is 14.6. The molecule has 3 N–H and O–H groups in total. The van der Waals surface area contributed by atoms with Gasteiger partial charge >= 0.3 is 0 Å². The molecule has 0 bridgehead atoms. The van der Waals surface area contributed by atoms with Gasteiger partial charge in [-0.1, -0.05) is 30.3 Å². The van der Waals surface area contributed by atoms with Crippen LogP contribution in [0.3, 0.4) is 0 Å². The van der Waals surface area contributed by atoms with E-state index < -0.39 is 0 Å². The molecule has 1 rings (SSSR count). The third-order valence-corrected chi connectivity index (χ3v) is 2.64. The van der Waals surface area contributed by atoms with E-state index in [1.54, 1.807) is 0 Å². The Kier molecular flexibility index (Phi) is 6.60. The molecule has 0 radical (unpaired) electrons. The summed E-state index contributed by atoms with van der Waals surface area (Å²) < 4.78 is 0. The molecule has 0 saturated carbocycles. The van der Waals surface area contributed by atoms with E-state index in [0.717, 1.165) is 5.56 Å². The van der Waals surface area contributed by atoms with Crippen molar-refractivity contribution < 1.29 is 14.7 Å². The van der Waals surface area contributed by atoms with Gasteiger partial charge in [-0.2, -0.15) is 0 Å². The van der Waals surface area contributed by atoms with Crippen LogP contribution in [0.1, 0.15) is 18.9 Å². The fraction of sp³-hybridized carbons (Fsp3) is 0.429. The number of nitrogens with one attached hydrogen (secondary N) is 2. The van der Waals surface area contributed by atoms with Crippen LogP contribution in [0.15, 0.2) is 30.3 Å². The van der Waals surface area contributed by atoms with Gasteiger partial charge in [0.1, 0.15) is 0 Å². The van der Waals surface area contributed by atoms with Gasteiger partial charge in [-0.15, -0.1) is 0 Å². The largest absolute Gasteiger partial charge is 0.394 e. The first-order valence-electron chi connectivity index (χ1n) is 6.30. The molecule has 0 spiro atoms. The molecule has 0 unspecified atom stereocenters. The van der Waals surface area contributed by atoms with Crippen LogP contribution in [0.2, 0.25) is 0 Å². The fourth-order valence-corrected chi connectivity index (χ4v) is 1.71. The van der Waals surface area contributed by atoms with Gasteiger partial charge in [0.05, 0.1) is 12.6 Å². The van der Waals surface area contributed by atoms with E-state index in [1.165, 1.54) is 6.92 Å². The summed E-state index contributed by atoms with van der Waals surface area (Å²) >= 11 is 0. The Morgan fingerprint density at radius 3 is 2.53 bits per heavy atom. The smallest absolute Gasteiger partial charge is 0.222 e. The van der Waals surface area contributed by atoms with Crippen molar-refractivity contribution in [3.63, 3.8) is 0 Å². The highest BCUT2D eigenvalue weighted by Gasteiger charge is 2.11. The van der Waals surface area contributed by atoms with E-state index >= 15 is 0 Å². The van der Waals surface area contributed by atoms with Crippen molar-refractivity contribution in [3.05, 3.63) is 35.9 Å². The SMILES string of the molecule is CC(=O)NCCC(=O)N[C@H](CO)Cc1ccccc1. The van der Waals surface area contributed by atoms with Gasteiger partial charge in [-0.25, -0.2) is 0 Å². The van der Waals surface area contributed by atoms with Gasteiger partial charge in [0, 0.05) is 19.9 Å². The molecule has 0 aliphatic heterocycles. The van der Waals surface area contributed by atoms with E-state index in [2.05, 4.69) is 10.6 Å². The summed E-state index contributed by atoms with van der Waals surface area (Å²) in [5.41, 5.74) is 1.06. The summed E-state index contributed by atoms with van der Waals surface area (Å²) in [6.07, 6.45) is 0.800. The van der Waals surface area contributed by atoms with Crippen LogP contribution in [0.5, 0.6) is 0 Å². The molecule has 1 atom stereocenters. The Morgan fingerprint density at radius 1 is 1.26 bits per heavy atom. The minimum atomic E-state index is -0.299. The van der Waals surface area contributed by atoms with Gasteiger partial charge in [0.25, 0.3) is 0 Å². The quantitative estimate of drug-likeness (QED) is 0.660. The molecule has 2 amide bonds. The summed E-state index contributed by atoms with van der Waals surface area (Å²) in [6.45, 7) is 1.61. The molecule has 0 saturated heterocycles. The van der Waals surface area contributed by atoms with E-state index in [1.807, 2.05) is 30.3 Å². The highest BCUT2D eigenvalue weighted by molar-refractivity contribution is 5.78. The second kappa shape index (κ2) is 8.26. The minimum absolute atomic E-state index is 0.110. The number of carbonyl (C=O) groups excluding carboxylic acids is 2. The van der Waals surface area contributed by atoms with Crippen LogP contribution < -0.4 is 10.6 Å². The van der Waals surface area contributed by atoms with Gasteiger partial charge in [0.15, 0.2) is 0 Å². The Bertz CT molecular complexity index is 406. The highest BCUT2D eigenvalue weighted by atomic mass is 16.3. The zero-order valence-corrected chi connectivity index (χ0v) is 11.1. The Balaban J connectivity index is 2.35. The third kappa shape index (κ3) is 6.57. The second-order valence-corrected chi connectivity index (χ2v) is 4.37. The molecule has 5 heteroatoms. The number of aliphatic hydroxyl groups excluding tert-OH is 1. The maximum Gasteiger partial charge on any atom is 0.222 e. The zero-order valence-electron chi connectivity index (χ0n) is 11.1. The molecule has 0 heterocycles. The average Bonchev–Trinajstić information content (AvgIpc) is 2.38. The second-order valence-electron chi connectivity index (χ2n) is 4.37. The van der Waals surface area contributed by atoms with Crippen LogP contribution >= 0.6 is 0 Å². The number of amides is 2. The summed E-state index contributed by atoms with van der Waals surface area (Å²) in [6, 6.07) is 9.36. The fourth-order valence-electron chi connectivity index (χ4n) is 1.71. The van der Waals surface area contributed by atoms with Crippen molar-refractivity contribution in [1.82, 2.24) is 10.6 Å². The van der Waals surface area contributed by atoms with Gasteiger partial charge in [0.2, 0.25) is 11.8 Å². The van der Waals surface area contributed by atoms with Crippen molar-refractivity contribution in [2.75, 3.05) is 13.2 Å². The van der Waals surface area contributed by atoms with Crippen molar-refractivity contribution in [2.45, 2.75) is 25.8 Å². The molecular weight excluding hydrogens is 244 g/mol. The van der Waals surface area contributed by atoms with Crippen molar-refractivity contribution in [2.24, 2.45) is 0 Å². The van der Waals surface area contributed by atoms with Crippen LogP contribution in [-0.2, 0) is 16.0 Å². The molecule has 0 aliphatic carbocycles. The predicted octanol–water partition coefficient (Wildman–Crippen LogP) is 0.232. The van der Waals surface area contributed by atoms with E-state index in [0.29, 0.717) is 13.0 Å². The molecular formula is C14H20N2O3. The Hall–Kier alpha value is -1.88. The first kappa shape index (κ1) is 15.2. The predicted molar refractivity (Wildman–Crippen MR) is 72.5 cm³/mol. The highest BCUT2D eigenvalue weighted by Crippen LogP contribution is 2.03. The summed E-state index contributed by atoms with van der Waals surface area (Å²) in [7, 11) is 0. The Morgan fingerprint density at radius 2 is 1.95 bits per heavy atom. The molecule has 104 valence electrons. The van der Waals surface area contributed by atoms with E-state index in [-0.39, 0.29) is 30.9 Å². The van der Waals surface area contributed by atoms with Crippen LogP contribution in [0, 0.1) is 0 Å². The molecule has 19 heavy (non-hydrogen) atoms. The zero-order chi connectivity index (χ0) is 14.1. The third-order valence-electron chi connectivity index (χ3n) is 2.64. The topological polar surface area (TPSA) is 78.4 Å². The molecule has 0 fully saturated rings. The number of benzene rings is 1. The van der Waals surface area contributed by atoms with Crippen molar-refractivity contribution in [1.29, 1.82) is 0 Å². The first-order valence-corrected chi connectivity index (χ1v) is 6.30. The normalized spacial score (nSPS) is 11.7. The number of hydrogen-bond donors (Lipinski definition) is 3. The average molecular weight is 264 g/mol. The summed E-state index contributed by atoms with van der Waals surface area (Å²) in [5.74, 6) is -0.334. The molecule has 1 aromatic rings. The monoisotopic (exact) mass is 264 g/mol. The number of aliphatic hydroxyl groups is 1. The lowest BCUT2D eigenvalue weighted by molar-refractivity contribution is -0.122. The van der Waals surface area contributed by atoms with Gasteiger partial charge in [-0.05, 0) is 12.0 Å². The number of hydrogen-bond acceptors (Lipinski definition) is 3. The van der Waals surface area contributed by atoms with E-state index in [4.69, 9.17) is 0 Å². The van der Waals surface area contributed by atoms with E-state index in [9.17, 15) is 14.7 Å². The van der Waals surface area contributed by atoms with Crippen LogP contribution in [0.4, 0.5) is 0 Å². The maximum absolute atomic E-state index is 11.6. The lowest BCUT2D eigenvalue weighted by atomic mass is 10.1. The van der Waals surface area contributed by atoms with Crippen molar-refractivity contribution in [3.8, 4) is 0 Å². The first-order chi connectivity index (χ1) is 9.11. The van der Waals surface area contributed by atoms with Crippen LogP contribution in [-0.4, -0.2) is 36.1 Å². The lowest BCUT2D eigenvalue weighted by Gasteiger charge is -2.16. The number of rotatable bonds is 7.